The Morgan fingerprint density at radius 2 is 1.95 bits per heavy atom. The topological polar surface area (TPSA) is 56.1 Å². The molecule has 4 nitrogen and oxygen atoms in total. The van der Waals surface area contributed by atoms with Gasteiger partial charge in [-0.15, -0.1) is 0 Å². The van der Waals surface area contributed by atoms with Crippen LogP contribution in [0, 0.1) is 35.0 Å². The number of rotatable bonds is 4. The van der Waals surface area contributed by atoms with Crippen LogP contribution in [-0.4, -0.2) is 36.0 Å². The molecule has 1 heterocycles. The van der Waals surface area contributed by atoms with Crippen molar-refractivity contribution in [3.8, 4) is 6.07 Å². The molecule has 3 aliphatic rings. The number of nitrogens with one attached hydrogen (secondary N) is 1. The quantitative estimate of drug-likeness (QED) is 0.868. The summed E-state index contributed by atoms with van der Waals surface area (Å²) in [5, 5.41) is 12.6. The van der Waals surface area contributed by atoms with Crippen molar-refractivity contribution in [3.05, 3.63) is 0 Å². The van der Waals surface area contributed by atoms with Crippen LogP contribution >= 0.6 is 0 Å². The zero-order chi connectivity index (χ0) is 15.7. The maximum absolute atomic E-state index is 12.3. The third-order valence-corrected chi connectivity index (χ3v) is 6.26. The smallest absolute Gasteiger partial charge is 0.237 e. The highest BCUT2D eigenvalue weighted by molar-refractivity contribution is 5.79. The molecule has 0 aromatic carbocycles. The molecule has 1 aliphatic heterocycles. The van der Waals surface area contributed by atoms with E-state index in [2.05, 4.69) is 25.2 Å². The summed E-state index contributed by atoms with van der Waals surface area (Å²) in [5.41, 5.74) is 0. The molecule has 0 radical (unpaired) electrons. The molecule has 2 aliphatic carbocycles. The van der Waals surface area contributed by atoms with E-state index in [9.17, 15) is 4.79 Å². The molecule has 0 spiro atoms. The summed E-state index contributed by atoms with van der Waals surface area (Å²) in [4.78, 5) is 14.0. The highest BCUT2D eigenvalue weighted by Gasteiger charge is 2.42. The van der Waals surface area contributed by atoms with Gasteiger partial charge in [0, 0.05) is 12.6 Å². The predicted octanol–water partition coefficient (Wildman–Crippen LogP) is 2.55. The van der Waals surface area contributed by atoms with Gasteiger partial charge in [0.05, 0.1) is 12.6 Å². The minimum Gasteiger partial charge on any atom is -0.326 e. The Labute approximate surface area is 134 Å². The van der Waals surface area contributed by atoms with E-state index < -0.39 is 0 Å². The zero-order valence-electron chi connectivity index (χ0n) is 13.9. The number of nitrogens with zero attached hydrogens (tertiary/aromatic N) is 2. The van der Waals surface area contributed by atoms with Gasteiger partial charge in [0.15, 0.2) is 0 Å². The van der Waals surface area contributed by atoms with Gasteiger partial charge in [-0.1, -0.05) is 13.8 Å². The Bertz CT molecular complexity index is 442. The highest BCUT2D eigenvalue weighted by Crippen LogP contribution is 2.48. The molecule has 3 fully saturated rings. The van der Waals surface area contributed by atoms with Gasteiger partial charge in [-0.25, -0.2) is 0 Å². The lowest BCUT2D eigenvalue weighted by Gasteiger charge is -2.22. The van der Waals surface area contributed by atoms with E-state index in [-0.39, 0.29) is 11.9 Å². The molecule has 1 N–H and O–H groups in total. The van der Waals surface area contributed by atoms with Crippen LogP contribution in [0.5, 0.6) is 0 Å². The van der Waals surface area contributed by atoms with E-state index in [0.29, 0.717) is 12.6 Å². The minimum atomic E-state index is -0.191. The third-order valence-electron chi connectivity index (χ3n) is 6.26. The molecule has 122 valence electrons. The summed E-state index contributed by atoms with van der Waals surface area (Å²) in [6, 6.07) is 2.57. The maximum Gasteiger partial charge on any atom is 0.237 e. The number of likely N-dealkylation sites (tertiary alicyclic amines) is 1. The average molecular weight is 303 g/mol. The zero-order valence-corrected chi connectivity index (χ0v) is 13.9. The second-order valence-electron chi connectivity index (χ2n) is 7.92. The van der Waals surface area contributed by atoms with Crippen molar-refractivity contribution in [1.29, 1.82) is 5.26 Å². The van der Waals surface area contributed by atoms with Crippen LogP contribution < -0.4 is 5.32 Å². The fourth-order valence-electron chi connectivity index (χ4n) is 4.91. The van der Waals surface area contributed by atoms with Crippen LogP contribution in [0.15, 0.2) is 0 Å². The summed E-state index contributed by atoms with van der Waals surface area (Å²) in [7, 11) is 0. The second kappa shape index (κ2) is 6.58. The lowest BCUT2D eigenvalue weighted by molar-refractivity contribution is -0.130. The van der Waals surface area contributed by atoms with E-state index in [0.717, 1.165) is 43.1 Å². The van der Waals surface area contributed by atoms with E-state index in [1.807, 2.05) is 0 Å². The van der Waals surface area contributed by atoms with Crippen LogP contribution in [-0.2, 0) is 4.79 Å². The van der Waals surface area contributed by atoms with Crippen molar-refractivity contribution in [3.63, 3.8) is 0 Å². The van der Waals surface area contributed by atoms with Gasteiger partial charge >= 0.3 is 0 Å². The van der Waals surface area contributed by atoms with Crippen molar-refractivity contribution in [2.24, 2.45) is 23.7 Å². The van der Waals surface area contributed by atoms with Crippen LogP contribution in [0.1, 0.15) is 52.4 Å². The maximum atomic E-state index is 12.3. The van der Waals surface area contributed by atoms with Gasteiger partial charge in [0.25, 0.3) is 0 Å². The molecule has 0 aromatic rings. The van der Waals surface area contributed by atoms with E-state index in [4.69, 9.17) is 5.26 Å². The van der Waals surface area contributed by atoms with E-state index in [1.165, 1.54) is 25.7 Å². The number of nitriles is 1. The number of hydrogen-bond donors (Lipinski definition) is 1. The van der Waals surface area contributed by atoms with Gasteiger partial charge < -0.3 is 10.2 Å². The van der Waals surface area contributed by atoms with Crippen molar-refractivity contribution in [1.82, 2.24) is 10.2 Å². The first-order valence-corrected chi connectivity index (χ1v) is 9.01. The van der Waals surface area contributed by atoms with Crippen molar-refractivity contribution < 1.29 is 4.79 Å². The minimum absolute atomic E-state index is 0.112. The largest absolute Gasteiger partial charge is 0.326 e. The summed E-state index contributed by atoms with van der Waals surface area (Å²) in [6.45, 7) is 5.87. The molecule has 5 atom stereocenters. The van der Waals surface area contributed by atoms with Crippen molar-refractivity contribution >= 4 is 5.91 Å². The van der Waals surface area contributed by atoms with Crippen molar-refractivity contribution in [2.75, 3.05) is 13.1 Å². The monoisotopic (exact) mass is 303 g/mol. The lowest BCUT2D eigenvalue weighted by atomic mass is 9.91. The second-order valence-corrected chi connectivity index (χ2v) is 7.92. The number of fused-ring (bicyclic) bond motifs is 1. The molecule has 2 saturated carbocycles. The first kappa shape index (κ1) is 15.8. The highest BCUT2D eigenvalue weighted by atomic mass is 16.2. The molecular formula is C18H29N3O. The summed E-state index contributed by atoms with van der Waals surface area (Å²) in [6.07, 6.45) is 7.06. The number of carbonyl (C=O) groups excluding carboxylic acids is 1. The molecule has 3 rings (SSSR count). The lowest BCUT2D eigenvalue weighted by Crippen LogP contribution is -2.43. The molecule has 3 unspecified atom stereocenters. The number of hydrogen-bond acceptors (Lipinski definition) is 3. The molecule has 0 bridgehead atoms. The van der Waals surface area contributed by atoms with Crippen LogP contribution in [0.3, 0.4) is 0 Å². The first-order chi connectivity index (χ1) is 10.6. The first-order valence-electron chi connectivity index (χ1n) is 9.01. The van der Waals surface area contributed by atoms with Crippen molar-refractivity contribution in [2.45, 2.75) is 64.5 Å². The van der Waals surface area contributed by atoms with Gasteiger partial charge in [0.2, 0.25) is 5.91 Å². The number of amides is 1. The van der Waals surface area contributed by atoms with Gasteiger partial charge in [0.1, 0.15) is 6.04 Å². The summed E-state index contributed by atoms with van der Waals surface area (Å²) in [5.74, 6) is 3.59. The molecule has 22 heavy (non-hydrogen) atoms. The Morgan fingerprint density at radius 3 is 2.55 bits per heavy atom. The van der Waals surface area contributed by atoms with Gasteiger partial charge in [-0.05, 0) is 62.2 Å². The molecule has 1 saturated heterocycles. The summed E-state index contributed by atoms with van der Waals surface area (Å²) >= 11 is 0. The van der Waals surface area contributed by atoms with E-state index >= 15 is 0 Å². The normalized spacial score (nSPS) is 37.5. The Kier molecular flexibility index (Phi) is 4.73. The van der Waals surface area contributed by atoms with Gasteiger partial charge in [-0.2, -0.15) is 5.26 Å². The Hall–Kier alpha value is -1.08. The number of carbonyl (C=O) groups is 1. The SMILES string of the molecule is CC(C)C1C[C@H]2CC(NCC(=O)N3CCCC3C#N)C[C@H]2C1. The fourth-order valence-corrected chi connectivity index (χ4v) is 4.91. The fraction of sp³-hybridized carbons (Fsp3) is 0.889. The Balaban J connectivity index is 1.43. The Morgan fingerprint density at radius 1 is 1.27 bits per heavy atom. The van der Waals surface area contributed by atoms with E-state index in [1.54, 1.807) is 4.90 Å². The molecule has 4 heteroatoms. The standard InChI is InChI=1S/C18H29N3O/c1-12(2)13-6-14-8-16(9-15(14)7-13)20-11-18(22)21-5-3-4-17(21)10-19/h12-17,20H,3-9,11H2,1-2H3/t13?,14-,15+,16?,17?. The van der Waals surface area contributed by atoms with Crippen LogP contribution in [0.25, 0.3) is 0 Å². The predicted molar refractivity (Wildman–Crippen MR) is 85.9 cm³/mol. The average Bonchev–Trinajstić information content (AvgIpc) is 3.17. The van der Waals surface area contributed by atoms with Gasteiger partial charge in [-0.3, -0.25) is 4.79 Å². The van der Waals surface area contributed by atoms with Crippen LogP contribution in [0.2, 0.25) is 0 Å². The van der Waals surface area contributed by atoms with Crippen LogP contribution in [0.4, 0.5) is 0 Å². The molecular weight excluding hydrogens is 274 g/mol. The third kappa shape index (κ3) is 3.15. The summed E-state index contributed by atoms with van der Waals surface area (Å²) < 4.78 is 0. The molecule has 1 amide bonds. The molecule has 0 aromatic heterocycles.